The Labute approximate surface area is 97.8 Å². The van der Waals surface area contributed by atoms with E-state index in [1.807, 2.05) is 0 Å². The Morgan fingerprint density at radius 3 is 2.38 bits per heavy atom. The van der Waals surface area contributed by atoms with Crippen LogP contribution in [0.1, 0.15) is 17.2 Å². The zero-order valence-electron chi connectivity index (χ0n) is 7.92. The SMILES string of the molecule is NC(CO)c1cc(Br)cc(C(F)(F)F)c1O. The van der Waals surface area contributed by atoms with Crippen molar-refractivity contribution in [1.82, 2.24) is 0 Å². The van der Waals surface area contributed by atoms with Crippen LogP contribution in [0.4, 0.5) is 13.2 Å². The lowest BCUT2D eigenvalue weighted by atomic mass is 10.0. The average Bonchev–Trinajstić information content (AvgIpc) is 2.18. The summed E-state index contributed by atoms with van der Waals surface area (Å²) in [4.78, 5) is 0. The number of aromatic hydroxyl groups is 1. The minimum absolute atomic E-state index is 0.136. The van der Waals surface area contributed by atoms with E-state index in [1.54, 1.807) is 0 Å². The summed E-state index contributed by atoms with van der Waals surface area (Å²) < 4.78 is 37.6. The van der Waals surface area contributed by atoms with Gasteiger partial charge in [-0.3, -0.25) is 0 Å². The summed E-state index contributed by atoms with van der Waals surface area (Å²) in [5.41, 5.74) is 4.05. The molecule has 0 saturated carbocycles. The Morgan fingerprint density at radius 1 is 1.38 bits per heavy atom. The first-order valence-corrected chi connectivity index (χ1v) is 5.02. The molecule has 0 bridgehead atoms. The smallest absolute Gasteiger partial charge is 0.420 e. The molecule has 0 fully saturated rings. The molecule has 1 unspecified atom stereocenters. The fourth-order valence-electron chi connectivity index (χ4n) is 1.22. The molecule has 1 rings (SSSR count). The quantitative estimate of drug-likeness (QED) is 0.784. The van der Waals surface area contributed by atoms with E-state index in [2.05, 4.69) is 15.9 Å². The molecule has 4 N–H and O–H groups in total. The second-order valence-electron chi connectivity index (χ2n) is 3.18. The molecule has 0 radical (unpaired) electrons. The van der Waals surface area contributed by atoms with Gasteiger partial charge in [-0.2, -0.15) is 13.2 Å². The van der Waals surface area contributed by atoms with Crippen molar-refractivity contribution in [3.05, 3.63) is 27.7 Å². The molecule has 0 aromatic heterocycles. The first-order chi connectivity index (χ1) is 7.27. The predicted octanol–water partition coefficient (Wildman–Crippen LogP) is 2.17. The van der Waals surface area contributed by atoms with Crippen LogP contribution < -0.4 is 5.73 Å². The molecule has 0 aliphatic rings. The minimum atomic E-state index is -4.67. The number of hydrogen-bond acceptors (Lipinski definition) is 3. The Hall–Kier alpha value is -0.790. The van der Waals surface area contributed by atoms with Crippen molar-refractivity contribution in [3.8, 4) is 5.75 Å². The van der Waals surface area contributed by atoms with Gasteiger partial charge in [0.15, 0.2) is 0 Å². The van der Waals surface area contributed by atoms with Crippen molar-refractivity contribution in [2.75, 3.05) is 6.61 Å². The van der Waals surface area contributed by atoms with E-state index in [0.29, 0.717) is 0 Å². The van der Waals surface area contributed by atoms with Crippen LogP contribution in [0.2, 0.25) is 0 Å². The van der Waals surface area contributed by atoms with Gasteiger partial charge in [-0.05, 0) is 12.1 Å². The normalized spacial score (nSPS) is 13.9. The molecule has 0 aliphatic carbocycles. The molecule has 0 saturated heterocycles. The monoisotopic (exact) mass is 299 g/mol. The van der Waals surface area contributed by atoms with Crippen LogP contribution in [0.3, 0.4) is 0 Å². The van der Waals surface area contributed by atoms with Gasteiger partial charge in [-0.25, -0.2) is 0 Å². The van der Waals surface area contributed by atoms with Gasteiger partial charge in [0.25, 0.3) is 0 Å². The van der Waals surface area contributed by atoms with Gasteiger partial charge in [0, 0.05) is 10.0 Å². The summed E-state index contributed by atoms with van der Waals surface area (Å²) >= 11 is 2.89. The molecular formula is C9H9BrF3NO2. The lowest BCUT2D eigenvalue weighted by Crippen LogP contribution is -2.16. The molecule has 0 spiro atoms. The Bertz CT molecular complexity index is 395. The number of phenolic OH excluding ortho intramolecular Hbond substituents is 1. The number of nitrogens with two attached hydrogens (primary N) is 1. The maximum absolute atomic E-state index is 12.5. The Morgan fingerprint density at radius 2 is 1.94 bits per heavy atom. The van der Waals surface area contributed by atoms with Gasteiger partial charge in [0.05, 0.1) is 18.2 Å². The van der Waals surface area contributed by atoms with E-state index in [4.69, 9.17) is 10.8 Å². The van der Waals surface area contributed by atoms with E-state index in [1.165, 1.54) is 6.07 Å². The summed E-state index contributed by atoms with van der Waals surface area (Å²) in [6.07, 6.45) is -4.67. The van der Waals surface area contributed by atoms with Gasteiger partial charge in [0.2, 0.25) is 0 Å². The number of aliphatic hydroxyl groups excluding tert-OH is 1. The summed E-state index contributed by atoms with van der Waals surface area (Å²) in [7, 11) is 0. The predicted molar refractivity (Wildman–Crippen MR) is 54.8 cm³/mol. The highest BCUT2D eigenvalue weighted by Gasteiger charge is 2.35. The number of halogens is 4. The fourth-order valence-corrected chi connectivity index (χ4v) is 1.69. The molecule has 3 nitrogen and oxygen atoms in total. The van der Waals surface area contributed by atoms with Crippen molar-refractivity contribution in [1.29, 1.82) is 0 Å². The number of rotatable bonds is 2. The topological polar surface area (TPSA) is 66.5 Å². The van der Waals surface area contributed by atoms with E-state index < -0.39 is 30.1 Å². The lowest BCUT2D eigenvalue weighted by molar-refractivity contribution is -0.138. The van der Waals surface area contributed by atoms with Crippen LogP contribution in [0.5, 0.6) is 5.75 Å². The molecule has 0 aliphatic heterocycles. The first kappa shape index (κ1) is 13.3. The fraction of sp³-hybridized carbons (Fsp3) is 0.333. The third-order valence-corrected chi connectivity index (χ3v) is 2.46. The number of phenols is 1. The van der Waals surface area contributed by atoms with Crippen LogP contribution in [-0.2, 0) is 6.18 Å². The van der Waals surface area contributed by atoms with Crippen molar-refractivity contribution in [3.63, 3.8) is 0 Å². The van der Waals surface area contributed by atoms with Crippen molar-refractivity contribution in [2.24, 2.45) is 5.73 Å². The molecule has 1 aromatic rings. The number of alkyl halides is 3. The highest BCUT2D eigenvalue weighted by Crippen LogP contribution is 2.40. The highest BCUT2D eigenvalue weighted by atomic mass is 79.9. The molecule has 16 heavy (non-hydrogen) atoms. The molecular weight excluding hydrogens is 291 g/mol. The van der Waals surface area contributed by atoms with Crippen LogP contribution in [0, 0.1) is 0 Å². The maximum atomic E-state index is 12.5. The summed E-state index contributed by atoms with van der Waals surface area (Å²) in [6.45, 7) is -0.554. The molecule has 0 amide bonds. The van der Waals surface area contributed by atoms with Gasteiger partial charge in [-0.1, -0.05) is 15.9 Å². The third kappa shape index (κ3) is 2.66. The molecule has 0 heterocycles. The van der Waals surface area contributed by atoms with E-state index in [0.717, 1.165) is 6.07 Å². The van der Waals surface area contributed by atoms with Gasteiger partial charge < -0.3 is 15.9 Å². The summed E-state index contributed by atoms with van der Waals surface area (Å²) in [5.74, 6) is -0.947. The molecule has 7 heteroatoms. The van der Waals surface area contributed by atoms with Crippen molar-refractivity contribution >= 4 is 15.9 Å². The van der Waals surface area contributed by atoms with E-state index in [-0.39, 0.29) is 10.0 Å². The number of hydrogen-bond donors (Lipinski definition) is 3. The molecule has 90 valence electrons. The molecule has 1 atom stereocenters. The lowest BCUT2D eigenvalue weighted by Gasteiger charge is -2.16. The van der Waals surface area contributed by atoms with Gasteiger partial charge in [-0.15, -0.1) is 0 Å². The van der Waals surface area contributed by atoms with Gasteiger partial charge in [0.1, 0.15) is 5.75 Å². The zero-order chi connectivity index (χ0) is 12.5. The second-order valence-corrected chi connectivity index (χ2v) is 4.09. The largest absolute Gasteiger partial charge is 0.507 e. The van der Waals surface area contributed by atoms with Crippen LogP contribution in [0.25, 0.3) is 0 Å². The van der Waals surface area contributed by atoms with Crippen LogP contribution in [-0.4, -0.2) is 16.8 Å². The summed E-state index contributed by atoms with van der Waals surface area (Å²) in [5, 5.41) is 18.2. The van der Waals surface area contributed by atoms with E-state index in [9.17, 15) is 18.3 Å². The van der Waals surface area contributed by atoms with E-state index >= 15 is 0 Å². The summed E-state index contributed by atoms with van der Waals surface area (Å²) in [6, 6.07) is 0.938. The molecule has 1 aromatic carbocycles. The Kier molecular flexibility index (Phi) is 3.82. The maximum Gasteiger partial charge on any atom is 0.420 e. The van der Waals surface area contributed by atoms with Crippen LogP contribution in [0.15, 0.2) is 16.6 Å². The average molecular weight is 300 g/mol. The second kappa shape index (κ2) is 4.60. The third-order valence-electron chi connectivity index (χ3n) is 2.01. The van der Waals surface area contributed by atoms with Gasteiger partial charge >= 0.3 is 6.18 Å². The van der Waals surface area contributed by atoms with Crippen molar-refractivity contribution in [2.45, 2.75) is 12.2 Å². The Balaban J connectivity index is 3.38. The standard InChI is InChI=1S/C9H9BrF3NO2/c10-4-1-5(7(14)3-15)8(16)6(2-4)9(11,12)13/h1-2,7,15-16H,3,14H2. The number of aliphatic hydroxyl groups is 1. The number of benzene rings is 1. The minimum Gasteiger partial charge on any atom is -0.507 e. The first-order valence-electron chi connectivity index (χ1n) is 4.23. The zero-order valence-corrected chi connectivity index (χ0v) is 9.51. The van der Waals surface area contributed by atoms with Crippen LogP contribution >= 0.6 is 15.9 Å². The highest BCUT2D eigenvalue weighted by molar-refractivity contribution is 9.10. The van der Waals surface area contributed by atoms with Crippen molar-refractivity contribution < 1.29 is 23.4 Å².